The van der Waals surface area contributed by atoms with Crippen LogP contribution in [0.15, 0.2) is 66.5 Å². The number of ketones is 1. The SMILES string of the molecule is Cc1ccc(N2C(=O)C(=O)C(=C(O)c3ccncc3)C2c2ccc(OC(F)(F)F)cc2)nn1. The fourth-order valence-electron chi connectivity index (χ4n) is 3.42. The molecule has 3 aromatic rings. The van der Waals surface area contributed by atoms with Crippen molar-refractivity contribution in [2.24, 2.45) is 0 Å². The highest BCUT2D eigenvalue weighted by Crippen LogP contribution is 2.41. The Balaban J connectivity index is 1.87. The van der Waals surface area contributed by atoms with Gasteiger partial charge < -0.3 is 9.84 Å². The van der Waals surface area contributed by atoms with Gasteiger partial charge in [0.25, 0.3) is 5.78 Å². The fourth-order valence-corrected chi connectivity index (χ4v) is 3.42. The van der Waals surface area contributed by atoms with Crippen LogP contribution < -0.4 is 9.64 Å². The van der Waals surface area contributed by atoms with Crippen molar-refractivity contribution in [2.45, 2.75) is 19.3 Å². The number of pyridine rings is 1. The molecule has 1 aliphatic rings. The van der Waals surface area contributed by atoms with Gasteiger partial charge in [-0.15, -0.1) is 18.3 Å². The molecule has 0 saturated carbocycles. The molecular weight excluding hydrogens is 441 g/mol. The van der Waals surface area contributed by atoms with Gasteiger partial charge in [-0.05, 0) is 48.9 Å². The predicted octanol–water partition coefficient (Wildman–Crippen LogP) is 3.70. The zero-order chi connectivity index (χ0) is 23.8. The molecule has 11 heteroatoms. The molecule has 4 rings (SSSR count). The maximum atomic E-state index is 13.0. The Morgan fingerprint density at radius 3 is 2.24 bits per heavy atom. The lowest BCUT2D eigenvalue weighted by atomic mass is 9.95. The van der Waals surface area contributed by atoms with E-state index >= 15 is 0 Å². The first-order valence-electron chi connectivity index (χ1n) is 9.53. The molecule has 1 N–H and O–H groups in total. The zero-order valence-corrected chi connectivity index (χ0v) is 16.9. The number of hydrogen-bond acceptors (Lipinski definition) is 7. The van der Waals surface area contributed by atoms with E-state index in [2.05, 4.69) is 19.9 Å². The molecule has 1 atom stereocenters. The molecule has 1 aliphatic heterocycles. The molecular formula is C22H15F3N4O4. The van der Waals surface area contributed by atoms with Crippen LogP contribution in [-0.2, 0) is 9.59 Å². The number of halogens is 3. The minimum absolute atomic E-state index is 0.0390. The molecule has 0 aliphatic carbocycles. The van der Waals surface area contributed by atoms with E-state index in [9.17, 15) is 27.9 Å². The van der Waals surface area contributed by atoms with E-state index in [4.69, 9.17) is 0 Å². The van der Waals surface area contributed by atoms with Crippen molar-refractivity contribution in [3.8, 4) is 5.75 Å². The van der Waals surface area contributed by atoms with Crippen molar-refractivity contribution >= 4 is 23.3 Å². The molecule has 0 radical (unpaired) electrons. The first-order chi connectivity index (χ1) is 15.7. The van der Waals surface area contributed by atoms with Crippen molar-refractivity contribution in [2.75, 3.05) is 4.90 Å². The van der Waals surface area contributed by atoms with Gasteiger partial charge in [-0.25, -0.2) is 0 Å². The predicted molar refractivity (Wildman–Crippen MR) is 109 cm³/mol. The van der Waals surface area contributed by atoms with Gasteiger partial charge >= 0.3 is 12.3 Å². The monoisotopic (exact) mass is 456 g/mol. The zero-order valence-electron chi connectivity index (χ0n) is 16.9. The highest BCUT2D eigenvalue weighted by molar-refractivity contribution is 6.51. The van der Waals surface area contributed by atoms with Crippen LogP contribution in [0.4, 0.5) is 19.0 Å². The van der Waals surface area contributed by atoms with Gasteiger partial charge in [-0.1, -0.05) is 12.1 Å². The summed E-state index contributed by atoms with van der Waals surface area (Å²) in [5.41, 5.74) is 0.803. The number of aromatic nitrogens is 3. The van der Waals surface area contributed by atoms with E-state index in [0.717, 1.165) is 17.0 Å². The summed E-state index contributed by atoms with van der Waals surface area (Å²) < 4.78 is 41.5. The van der Waals surface area contributed by atoms with E-state index in [1.165, 1.54) is 42.7 Å². The first-order valence-corrected chi connectivity index (χ1v) is 9.53. The third kappa shape index (κ3) is 4.38. The Hall–Kier alpha value is -4.28. The Kier molecular flexibility index (Phi) is 5.54. The molecule has 0 bridgehead atoms. The third-order valence-corrected chi connectivity index (χ3v) is 4.86. The summed E-state index contributed by atoms with van der Waals surface area (Å²) in [5.74, 6) is -2.85. The third-order valence-electron chi connectivity index (χ3n) is 4.86. The van der Waals surface area contributed by atoms with E-state index in [1.807, 2.05) is 0 Å². The number of alkyl halides is 3. The molecule has 1 unspecified atom stereocenters. The number of benzene rings is 1. The number of amides is 1. The number of hydrogen-bond donors (Lipinski definition) is 1. The number of aryl methyl sites for hydroxylation is 1. The minimum atomic E-state index is -4.88. The van der Waals surface area contributed by atoms with Gasteiger partial charge in [0.05, 0.1) is 17.3 Å². The second-order valence-corrected chi connectivity index (χ2v) is 7.05. The Bertz CT molecular complexity index is 1230. The van der Waals surface area contributed by atoms with Crippen molar-refractivity contribution < 1.29 is 32.6 Å². The number of ether oxygens (including phenoxy) is 1. The second-order valence-electron chi connectivity index (χ2n) is 7.05. The van der Waals surface area contributed by atoms with Crippen LogP contribution in [-0.4, -0.2) is 38.3 Å². The summed E-state index contributed by atoms with van der Waals surface area (Å²) in [5, 5.41) is 18.8. The molecule has 1 fully saturated rings. The number of rotatable bonds is 4. The van der Waals surface area contributed by atoms with Gasteiger partial charge in [0.2, 0.25) is 0 Å². The second kappa shape index (κ2) is 8.34. The molecule has 0 spiro atoms. The number of aliphatic hydroxyl groups is 1. The highest BCUT2D eigenvalue weighted by atomic mass is 19.4. The summed E-state index contributed by atoms with van der Waals surface area (Å²) >= 11 is 0. The van der Waals surface area contributed by atoms with Crippen LogP contribution in [0.2, 0.25) is 0 Å². The summed E-state index contributed by atoms with van der Waals surface area (Å²) in [6.45, 7) is 1.69. The normalized spacial score (nSPS) is 17.9. The lowest BCUT2D eigenvalue weighted by Crippen LogP contribution is -2.30. The van der Waals surface area contributed by atoms with Crippen molar-refractivity contribution in [3.63, 3.8) is 0 Å². The molecule has 1 aromatic carbocycles. The average Bonchev–Trinajstić information content (AvgIpc) is 3.04. The van der Waals surface area contributed by atoms with E-state index < -0.39 is 35.6 Å². The molecule has 8 nitrogen and oxygen atoms in total. The highest BCUT2D eigenvalue weighted by Gasteiger charge is 2.47. The van der Waals surface area contributed by atoms with E-state index in [0.29, 0.717) is 5.69 Å². The van der Waals surface area contributed by atoms with Gasteiger partial charge in [0.15, 0.2) is 5.82 Å². The Morgan fingerprint density at radius 2 is 1.67 bits per heavy atom. The molecule has 1 saturated heterocycles. The smallest absolute Gasteiger partial charge is 0.507 e. The average molecular weight is 456 g/mol. The fraction of sp³-hybridized carbons (Fsp3) is 0.136. The Labute approximate surface area is 185 Å². The summed E-state index contributed by atoms with van der Waals surface area (Å²) in [7, 11) is 0. The quantitative estimate of drug-likeness (QED) is 0.363. The van der Waals surface area contributed by atoms with Crippen molar-refractivity contribution in [1.29, 1.82) is 0 Å². The number of aliphatic hydroxyl groups excluding tert-OH is 1. The Morgan fingerprint density at radius 1 is 1.00 bits per heavy atom. The summed E-state index contributed by atoms with van der Waals surface area (Å²) in [6, 6.07) is 9.44. The number of carbonyl (C=O) groups is 2. The van der Waals surface area contributed by atoms with Crippen molar-refractivity contribution in [3.05, 3.63) is 83.3 Å². The number of nitrogens with zero attached hydrogens (tertiary/aromatic N) is 4. The minimum Gasteiger partial charge on any atom is -0.507 e. The van der Waals surface area contributed by atoms with E-state index in [-0.39, 0.29) is 22.5 Å². The van der Waals surface area contributed by atoms with Gasteiger partial charge in [0.1, 0.15) is 11.5 Å². The maximum absolute atomic E-state index is 13.0. The number of anilines is 1. The van der Waals surface area contributed by atoms with Gasteiger partial charge in [-0.3, -0.25) is 19.5 Å². The maximum Gasteiger partial charge on any atom is 0.573 e. The van der Waals surface area contributed by atoms with Gasteiger partial charge in [0, 0.05) is 18.0 Å². The lowest BCUT2D eigenvalue weighted by Gasteiger charge is -2.24. The summed E-state index contributed by atoms with van der Waals surface area (Å²) in [4.78, 5) is 30.8. The summed E-state index contributed by atoms with van der Waals surface area (Å²) in [6.07, 6.45) is -2.08. The molecule has 168 valence electrons. The van der Waals surface area contributed by atoms with Crippen molar-refractivity contribution in [1.82, 2.24) is 15.2 Å². The van der Waals surface area contributed by atoms with Crippen LogP contribution in [0.5, 0.6) is 5.75 Å². The van der Waals surface area contributed by atoms with Crippen LogP contribution in [0.25, 0.3) is 5.76 Å². The molecule has 1 amide bonds. The van der Waals surface area contributed by atoms with Crippen LogP contribution in [0, 0.1) is 6.92 Å². The standard InChI is InChI=1S/C22H15F3N4O4/c1-12-2-7-16(28-27-12)29-18(13-3-5-15(6-4-13)33-22(23,24)25)17(20(31)21(29)32)19(30)14-8-10-26-11-9-14/h2-11,18,30H,1H3. The number of Topliss-reactive ketones (excluding diaryl/α,β-unsaturated/α-hetero) is 1. The first kappa shape index (κ1) is 21.9. The van der Waals surface area contributed by atoms with Crippen LogP contribution >= 0.6 is 0 Å². The molecule has 2 aromatic heterocycles. The topological polar surface area (TPSA) is 106 Å². The molecule has 33 heavy (non-hydrogen) atoms. The van der Waals surface area contributed by atoms with Gasteiger partial charge in [-0.2, -0.15) is 5.10 Å². The largest absolute Gasteiger partial charge is 0.573 e. The lowest BCUT2D eigenvalue weighted by molar-refractivity contribution is -0.274. The van der Waals surface area contributed by atoms with Crippen LogP contribution in [0.3, 0.4) is 0 Å². The number of carbonyl (C=O) groups excluding carboxylic acids is 2. The van der Waals surface area contributed by atoms with Crippen LogP contribution in [0.1, 0.15) is 22.9 Å². The molecule has 3 heterocycles. The van der Waals surface area contributed by atoms with E-state index in [1.54, 1.807) is 13.0 Å².